The molecule has 0 unspecified atom stereocenters. The van der Waals surface area contributed by atoms with Gasteiger partial charge in [-0.25, -0.2) is 9.36 Å². The fraction of sp³-hybridized carbons (Fsp3) is 0.231. The van der Waals surface area contributed by atoms with Gasteiger partial charge in [0.2, 0.25) is 5.91 Å². The molecule has 3 heterocycles. The molecule has 0 radical (unpaired) electrons. The number of aromatic nitrogens is 2. The van der Waals surface area contributed by atoms with Crippen molar-refractivity contribution in [3.63, 3.8) is 0 Å². The van der Waals surface area contributed by atoms with Gasteiger partial charge in [0.1, 0.15) is 4.83 Å². The van der Waals surface area contributed by atoms with Crippen LogP contribution < -0.4 is 11.2 Å². The predicted molar refractivity (Wildman–Crippen MR) is 137 cm³/mol. The number of carbonyl (C=O) groups excluding carboxylic acids is 2. The van der Waals surface area contributed by atoms with Crippen LogP contribution in [-0.4, -0.2) is 32.3 Å². The van der Waals surface area contributed by atoms with Crippen molar-refractivity contribution in [2.24, 2.45) is 0 Å². The van der Waals surface area contributed by atoms with Gasteiger partial charge in [-0.3, -0.25) is 19.0 Å². The van der Waals surface area contributed by atoms with E-state index in [1.807, 2.05) is 12.1 Å². The summed E-state index contributed by atoms with van der Waals surface area (Å²) < 4.78 is 2.73. The van der Waals surface area contributed by atoms with Gasteiger partial charge in [-0.1, -0.05) is 35.9 Å². The molecule has 0 N–H and O–H groups in total. The molecule has 1 aliphatic heterocycles. The Kier molecular flexibility index (Phi) is 5.94. The summed E-state index contributed by atoms with van der Waals surface area (Å²) in [5, 5.41) is 1.04. The summed E-state index contributed by atoms with van der Waals surface area (Å²) in [6.45, 7) is 4.12. The van der Waals surface area contributed by atoms with Crippen molar-refractivity contribution < 1.29 is 9.59 Å². The van der Waals surface area contributed by atoms with Crippen molar-refractivity contribution in [3.8, 4) is 5.69 Å². The average molecular weight is 508 g/mol. The van der Waals surface area contributed by atoms with Crippen LogP contribution in [0.3, 0.4) is 0 Å². The largest absolute Gasteiger partial charge is 0.337 e. The number of rotatable bonds is 4. The maximum Gasteiger partial charge on any atom is 0.337 e. The number of benzene rings is 2. The number of thiophene rings is 1. The molecule has 0 aliphatic carbocycles. The van der Waals surface area contributed by atoms with E-state index in [1.165, 1.54) is 25.2 Å². The summed E-state index contributed by atoms with van der Waals surface area (Å²) in [5.41, 5.74) is 1.55. The lowest BCUT2D eigenvalue weighted by Gasteiger charge is -2.25. The van der Waals surface area contributed by atoms with Crippen LogP contribution in [0.25, 0.3) is 15.9 Å². The van der Waals surface area contributed by atoms with Gasteiger partial charge in [-0.2, -0.15) is 0 Å². The fourth-order valence-electron chi connectivity index (χ4n) is 4.52. The first-order chi connectivity index (χ1) is 16.7. The minimum absolute atomic E-state index is 0.0251. The molecule has 5 rings (SSSR count). The number of amides is 1. The Labute approximate surface area is 209 Å². The molecule has 178 valence electrons. The molecule has 0 bridgehead atoms. The minimum atomic E-state index is -0.495. The van der Waals surface area contributed by atoms with E-state index in [4.69, 9.17) is 11.6 Å². The molecule has 0 saturated carbocycles. The zero-order valence-electron chi connectivity index (χ0n) is 19.2. The summed E-state index contributed by atoms with van der Waals surface area (Å²) in [6.07, 6.45) is 0.535. The Morgan fingerprint density at radius 3 is 2.54 bits per heavy atom. The second-order valence-electron chi connectivity index (χ2n) is 8.62. The summed E-state index contributed by atoms with van der Waals surface area (Å²) in [7, 11) is 0. The molecule has 7 nitrogen and oxygen atoms in total. The van der Waals surface area contributed by atoms with Crippen molar-refractivity contribution in [2.75, 3.05) is 6.54 Å². The van der Waals surface area contributed by atoms with Crippen LogP contribution in [0.15, 0.2) is 58.1 Å². The molecule has 1 aliphatic rings. The first-order valence-electron chi connectivity index (χ1n) is 11.2. The first kappa shape index (κ1) is 23.3. The van der Waals surface area contributed by atoms with Crippen molar-refractivity contribution in [1.82, 2.24) is 14.0 Å². The number of halogens is 1. The Hall–Kier alpha value is -3.49. The molecule has 2 aromatic heterocycles. The van der Waals surface area contributed by atoms with Crippen LogP contribution in [0.5, 0.6) is 0 Å². The van der Waals surface area contributed by atoms with Gasteiger partial charge < -0.3 is 4.90 Å². The Balaban J connectivity index is 1.80. The molecule has 9 heteroatoms. The molecular formula is C26H22ClN3O4S. The monoisotopic (exact) mass is 507 g/mol. The van der Waals surface area contributed by atoms with E-state index >= 15 is 0 Å². The summed E-state index contributed by atoms with van der Waals surface area (Å²) in [6, 6.07) is 13.8. The summed E-state index contributed by atoms with van der Waals surface area (Å²) >= 11 is 7.57. The first-order valence-corrected chi connectivity index (χ1v) is 12.4. The molecule has 0 saturated heterocycles. The van der Waals surface area contributed by atoms with E-state index in [0.29, 0.717) is 46.0 Å². The second-order valence-corrected chi connectivity index (χ2v) is 10.1. The van der Waals surface area contributed by atoms with Gasteiger partial charge in [0.05, 0.1) is 24.2 Å². The summed E-state index contributed by atoms with van der Waals surface area (Å²) in [5.74, 6) is -0.180. The standard InChI is InChI=1S/C26H22ClN3O4S/c1-15(31)18-6-4-8-20(12-18)30-24(33)23-21-9-10-28(16(2)32)14-22(21)35-25(23)29(26(30)34)13-17-5-3-7-19(27)11-17/h3-8,11-12H,9-10,13-14H2,1-2H3. The van der Waals surface area contributed by atoms with Crippen LogP contribution in [0.2, 0.25) is 5.02 Å². The van der Waals surface area contributed by atoms with E-state index in [0.717, 1.165) is 20.6 Å². The third-order valence-electron chi connectivity index (χ3n) is 6.31. The number of carbonyl (C=O) groups is 2. The van der Waals surface area contributed by atoms with Gasteiger partial charge in [-0.05, 0) is 48.7 Å². The van der Waals surface area contributed by atoms with Crippen LogP contribution in [0.4, 0.5) is 0 Å². The molecule has 0 atom stereocenters. The normalized spacial score (nSPS) is 13.2. The van der Waals surface area contributed by atoms with E-state index < -0.39 is 11.2 Å². The predicted octanol–water partition coefficient (Wildman–Crippen LogP) is 4.02. The lowest BCUT2D eigenvalue weighted by atomic mass is 10.1. The molecule has 1 amide bonds. The number of fused-ring (bicyclic) bond motifs is 3. The van der Waals surface area contributed by atoms with E-state index in [2.05, 4.69) is 0 Å². The SMILES string of the molecule is CC(=O)c1cccc(-n2c(=O)c3c4c(sc3n(Cc3cccc(Cl)c3)c2=O)CN(C(C)=O)CC4)c1. The number of hydrogen-bond donors (Lipinski definition) is 0. The quantitative estimate of drug-likeness (QED) is 0.391. The Morgan fingerprint density at radius 1 is 1.06 bits per heavy atom. The van der Waals surface area contributed by atoms with Crippen molar-refractivity contribution in [2.45, 2.75) is 33.4 Å². The maximum absolute atomic E-state index is 13.8. The third kappa shape index (κ3) is 4.13. The van der Waals surface area contributed by atoms with Gasteiger partial charge in [0.25, 0.3) is 5.56 Å². The summed E-state index contributed by atoms with van der Waals surface area (Å²) in [4.78, 5) is 54.8. The number of nitrogens with zero attached hydrogens (tertiary/aromatic N) is 3. The highest BCUT2D eigenvalue weighted by Crippen LogP contribution is 2.33. The third-order valence-corrected chi connectivity index (χ3v) is 7.78. The topological polar surface area (TPSA) is 81.4 Å². The van der Waals surface area contributed by atoms with Gasteiger partial charge in [-0.15, -0.1) is 11.3 Å². The van der Waals surface area contributed by atoms with Gasteiger partial charge in [0, 0.05) is 28.9 Å². The second kappa shape index (κ2) is 8.94. The maximum atomic E-state index is 13.8. The number of ketones is 1. The zero-order valence-corrected chi connectivity index (χ0v) is 20.8. The van der Waals surface area contributed by atoms with E-state index in [-0.39, 0.29) is 18.2 Å². The molecule has 0 fully saturated rings. The minimum Gasteiger partial charge on any atom is -0.337 e. The van der Waals surface area contributed by atoms with Gasteiger partial charge in [0.15, 0.2) is 5.78 Å². The molecule has 2 aromatic carbocycles. The highest BCUT2D eigenvalue weighted by Gasteiger charge is 2.27. The smallest absolute Gasteiger partial charge is 0.337 e. The van der Waals surface area contributed by atoms with Crippen LogP contribution in [0, 0.1) is 0 Å². The van der Waals surface area contributed by atoms with Crippen LogP contribution >= 0.6 is 22.9 Å². The van der Waals surface area contributed by atoms with Crippen molar-refractivity contribution in [3.05, 3.63) is 96.0 Å². The van der Waals surface area contributed by atoms with Crippen LogP contribution in [0.1, 0.15) is 40.2 Å². The van der Waals surface area contributed by atoms with E-state index in [1.54, 1.807) is 45.9 Å². The molecular weight excluding hydrogens is 486 g/mol. The number of Topliss-reactive ketones (excluding diaryl/α,β-unsaturated/α-hetero) is 1. The van der Waals surface area contributed by atoms with Gasteiger partial charge >= 0.3 is 5.69 Å². The molecule has 4 aromatic rings. The average Bonchev–Trinajstić information content (AvgIpc) is 3.21. The Bertz CT molecular complexity index is 1630. The van der Waals surface area contributed by atoms with Crippen molar-refractivity contribution in [1.29, 1.82) is 0 Å². The lowest BCUT2D eigenvalue weighted by molar-refractivity contribution is -0.129. The fourth-order valence-corrected chi connectivity index (χ4v) is 6.08. The molecule has 35 heavy (non-hydrogen) atoms. The highest BCUT2D eigenvalue weighted by atomic mass is 35.5. The zero-order chi connectivity index (χ0) is 24.9. The van der Waals surface area contributed by atoms with Crippen molar-refractivity contribution >= 4 is 44.8 Å². The highest BCUT2D eigenvalue weighted by molar-refractivity contribution is 7.18. The molecule has 0 spiro atoms. The Morgan fingerprint density at radius 2 is 1.83 bits per heavy atom. The van der Waals surface area contributed by atoms with E-state index in [9.17, 15) is 19.2 Å². The van der Waals surface area contributed by atoms with Crippen LogP contribution in [-0.2, 0) is 24.3 Å². The lowest BCUT2D eigenvalue weighted by Crippen LogP contribution is -2.39. The number of hydrogen-bond acceptors (Lipinski definition) is 5.